The Kier molecular flexibility index (Phi) is 2.63. The van der Waals surface area contributed by atoms with Crippen molar-refractivity contribution in [1.29, 1.82) is 0 Å². The van der Waals surface area contributed by atoms with E-state index in [1.54, 1.807) is 6.07 Å². The predicted octanol–water partition coefficient (Wildman–Crippen LogP) is 4.13. The van der Waals surface area contributed by atoms with Crippen molar-refractivity contribution >= 4 is 11.8 Å². The largest absolute Gasteiger partial charge is 0.344 e. The van der Waals surface area contributed by atoms with Gasteiger partial charge in [0, 0.05) is 24.0 Å². The van der Waals surface area contributed by atoms with Gasteiger partial charge in [-0.1, -0.05) is 24.3 Å². The zero-order chi connectivity index (χ0) is 12.5. The summed E-state index contributed by atoms with van der Waals surface area (Å²) >= 11 is 0. The molecule has 3 rings (SSSR count). The fourth-order valence-electron chi connectivity index (χ4n) is 2.29. The van der Waals surface area contributed by atoms with Gasteiger partial charge >= 0.3 is 0 Å². The summed E-state index contributed by atoms with van der Waals surface area (Å²) in [5.41, 5.74) is 4.10. The molecule has 1 heterocycles. The van der Waals surface area contributed by atoms with Crippen molar-refractivity contribution in [3.63, 3.8) is 0 Å². The van der Waals surface area contributed by atoms with Crippen molar-refractivity contribution in [3.8, 4) is 0 Å². The van der Waals surface area contributed by atoms with Gasteiger partial charge in [-0.25, -0.2) is 4.39 Å². The Morgan fingerprint density at radius 3 is 2.78 bits per heavy atom. The molecule has 0 saturated carbocycles. The molecule has 0 aliphatic carbocycles. The van der Waals surface area contributed by atoms with Gasteiger partial charge in [-0.15, -0.1) is 0 Å². The van der Waals surface area contributed by atoms with E-state index in [-0.39, 0.29) is 5.82 Å². The predicted molar refractivity (Wildman–Crippen MR) is 72.8 cm³/mol. The number of hydrogen-bond acceptors (Lipinski definition) is 1. The molecule has 0 spiro atoms. The van der Waals surface area contributed by atoms with Crippen LogP contribution in [0.3, 0.4) is 0 Å². The Balaban J connectivity index is 1.97. The average Bonchev–Trinajstić information content (AvgIpc) is 2.39. The van der Waals surface area contributed by atoms with Crippen molar-refractivity contribution in [2.45, 2.75) is 13.5 Å². The number of hydrogen-bond donors (Lipinski definition) is 0. The third-order valence-electron chi connectivity index (χ3n) is 3.24. The molecular formula is C16H14FN. The molecule has 0 unspecified atom stereocenters. The smallest absolute Gasteiger partial charge is 0.130 e. The van der Waals surface area contributed by atoms with Gasteiger partial charge in [-0.2, -0.15) is 0 Å². The zero-order valence-electron chi connectivity index (χ0n) is 10.2. The van der Waals surface area contributed by atoms with Crippen LogP contribution < -0.4 is 4.90 Å². The minimum Gasteiger partial charge on any atom is -0.344 e. The monoisotopic (exact) mass is 239 g/mol. The van der Waals surface area contributed by atoms with Gasteiger partial charge in [-0.3, -0.25) is 0 Å². The Bertz CT molecular complexity index is 616. The Hall–Kier alpha value is -2.09. The minimum atomic E-state index is -0.146. The van der Waals surface area contributed by atoms with Crippen LogP contribution in [0.4, 0.5) is 10.1 Å². The highest BCUT2D eigenvalue weighted by atomic mass is 19.1. The molecule has 0 saturated heterocycles. The lowest BCUT2D eigenvalue weighted by Crippen LogP contribution is -2.19. The SMILES string of the molecule is Cc1cccc(N2C=Cc3c(F)cccc3C2)c1. The van der Waals surface area contributed by atoms with E-state index in [4.69, 9.17) is 0 Å². The van der Waals surface area contributed by atoms with Gasteiger partial charge < -0.3 is 4.90 Å². The van der Waals surface area contributed by atoms with Crippen molar-refractivity contribution in [2.75, 3.05) is 4.90 Å². The Morgan fingerprint density at radius 1 is 1.11 bits per heavy atom. The summed E-state index contributed by atoms with van der Waals surface area (Å²) in [6, 6.07) is 13.6. The van der Waals surface area contributed by atoms with Crippen LogP contribution in [0.2, 0.25) is 0 Å². The molecule has 0 atom stereocenters. The van der Waals surface area contributed by atoms with Crippen LogP contribution in [-0.4, -0.2) is 0 Å². The molecule has 1 aliphatic rings. The first-order valence-electron chi connectivity index (χ1n) is 6.03. The standard InChI is InChI=1S/C16H14FN/c1-12-4-2-6-14(10-12)18-9-8-15-13(11-18)5-3-7-16(15)17/h2-10H,11H2,1H3. The first-order valence-corrected chi connectivity index (χ1v) is 6.03. The highest BCUT2D eigenvalue weighted by Gasteiger charge is 2.14. The molecule has 1 nitrogen and oxygen atoms in total. The van der Waals surface area contributed by atoms with E-state index in [0.29, 0.717) is 12.1 Å². The third kappa shape index (κ3) is 1.90. The molecule has 0 fully saturated rings. The van der Waals surface area contributed by atoms with Crippen molar-refractivity contribution < 1.29 is 4.39 Å². The highest BCUT2D eigenvalue weighted by molar-refractivity contribution is 5.64. The lowest BCUT2D eigenvalue weighted by molar-refractivity contribution is 0.621. The van der Waals surface area contributed by atoms with E-state index in [9.17, 15) is 4.39 Å². The van der Waals surface area contributed by atoms with E-state index >= 15 is 0 Å². The first kappa shape index (κ1) is 11.0. The minimum absolute atomic E-state index is 0.146. The van der Waals surface area contributed by atoms with Crippen molar-refractivity contribution in [3.05, 3.63) is 71.2 Å². The quantitative estimate of drug-likeness (QED) is 0.723. The number of aryl methyl sites for hydroxylation is 1. The maximum atomic E-state index is 13.6. The fourth-order valence-corrected chi connectivity index (χ4v) is 2.29. The van der Waals surface area contributed by atoms with Crippen LogP contribution in [0, 0.1) is 12.7 Å². The first-order chi connectivity index (χ1) is 8.74. The van der Waals surface area contributed by atoms with Crippen LogP contribution in [0.5, 0.6) is 0 Å². The van der Waals surface area contributed by atoms with E-state index in [1.165, 1.54) is 11.6 Å². The summed E-state index contributed by atoms with van der Waals surface area (Å²) in [6.45, 7) is 2.79. The molecule has 18 heavy (non-hydrogen) atoms. The molecule has 0 amide bonds. The normalized spacial score (nSPS) is 13.6. The number of nitrogens with zero attached hydrogens (tertiary/aromatic N) is 1. The second kappa shape index (κ2) is 4.30. The lowest BCUT2D eigenvalue weighted by atomic mass is 10.0. The zero-order valence-corrected chi connectivity index (χ0v) is 10.2. The molecule has 0 aromatic heterocycles. The van der Waals surface area contributed by atoms with Gasteiger partial charge in [0.2, 0.25) is 0 Å². The van der Waals surface area contributed by atoms with E-state index in [2.05, 4.69) is 30.0 Å². The maximum absolute atomic E-state index is 13.6. The fraction of sp³-hybridized carbons (Fsp3) is 0.125. The number of halogens is 1. The average molecular weight is 239 g/mol. The van der Waals surface area contributed by atoms with Crippen molar-refractivity contribution in [2.24, 2.45) is 0 Å². The highest BCUT2D eigenvalue weighted by Crippen LogP contribution is 2.26. The molecule has 0 bridgehead atoms. The Morgan fingerprint density at radius 2 is 1.94 bits per heavy atom. The van der Waals surface area contributed by atoms with Crippen LogP contribution in [0.25, 0.3) is 6.08 Å². The summed E-state index contributed by atoms with van der Waals surface area (Å²) in [5, 5.41) is 0. The van der Waals surface area contributed by atoms with E-state index < -0.39 is 0 Å². The summed E-state index contributed by atoms with van der Waals surface area (Å²) in [7, 11) is 0. The van der Waals surface area contributed by atoms with E-state index in [1.807, 2.05) is 24.4 Å². The Labute approximate surface area is 106 Å². The summed E-state index contributed by atoms with van der Waals surface area (Å²) < 4.78 is 13.6. The van der Waals surface area contributed by atoms with Gasteiger partial charge in [0.15, 0.2) is 0 Å². The molecule has 1 aliphatic heterocycles. The molecule has 0 radical (unpaired) electrons. The number of benzene rings is 2. The molecule has 2 aromatic rings. The molecular weight excluding hydrogens is 225 g/mol. The molecule has 2 heteroatoms. The number of anilines is 1. The third-order valence-corrected chi connectivity index (χ3v) is 3.24. The topological polar surface area (TPSA) is 3.24 Å². The van der Waals surface area contributed by atoms with Crippen LogP contribution in [0.15, 0.2) is 48.7 Å². The molecule has 90 valence electrons. The maximum Gasteiger partial charge on any atom is 0.130 e. The van der Waals surface area contributed by atoms with Gasteiger partial charge in [0.25, 0.3) is 0 Å². The van der Waals surface area contributed by atoms with E-state index in [0.717, 1.165) is 11.3 Å². The second-order valence-corrected chi connectivity index (χ2v) is 4.60. The van der Waals surface area contributed by atoms with Crippen LogP contribution >= 0.6 is 0 Å². The second-order valence-electron chi connectivity index (χ2n) is 4.60. The summed E-state index contributed by atoms with van der Waals surface area (Å²) in [6.07, 6.45) is 3.79. The number of rotatable bonds is 1. The molecule has 2 aromatic carbocycles. The summed E-state index contributed by atoms with van der Waals surface area (Å²) in [5.74, 6) is -0.146. The van der Waals surface area contributed by atoms with Gasteiger partial charge in [0.05, 0.1) is 0 Å². The van der Waals surface area contributed by atoms with Crippen LogP contribution in [-0.2, 0) is 6.54 Å². The van der Waals surface area contributed by atoms with Crippen LogP contribution in [0.1, 0.15) is 16.7 Å². The summed E-state index contributed by atoms with van der Waals surface area (Å²) in [4.78, 5) is 2.13. The van der Waals surface area contributed by atoms with Crippen molar-refractivity contribution in [1.82, 2.24) is 0 Å². The number of fused-ring (bicyclic) bond motifs is 1. The lowest BCUT2D eigenvalue weighted by Gasteiger charge is -2.25. The molecule has 0 N–H and O–H groups in total. The van der Waals surface area contributed by atoms with Gasteiger partial charge in [0.1, 0.15) is 5.82 Å². The van der Waals surface area contributed by atoms with Gasteiger partial charge in [-0.05, 0) is 42.3 Å².